The maximum Gasteiger partial charge on any atom is 0.00380 e. The van der Waals surface area contributed by atoms with Crippen molar-refractivity contribution in [1.29, 1.82) is 0 Å². The number of hydrogen-bond acceptors (Lipinski definition) is 0. The Labute approximate surface area is 156 Å². The van der Waals surface area contributed by atoms with E-state index in [1.54, 1.807) is 11.1 Å². The van der Waals surface area contributed by atoms with E-state index in [9.17, 15) is 0 Å². The highest BCUT2D eigenvalue weighted by Crippen LogP contribution is 2.48. The summed E-state index contributed by atoms with van der Waals surface area (Å²) in [5, 5.41) is 2.69. The fraction of sp³-hybridized carbons (Fsp3) is 0.308. The molecule has 3 aromatic rings. The minimum absolute atomic E-state index is 0.545. The molecule has 0 spiro atoms. The highest BCUT2D eigenvalue weighted by molar-refractivity contribution is 5.98. The molecule has 0 bridgehead atoms. The molecule has 0 aliphatic heterocycles. The van der Waals surface area contributed by atoms with Crippen molar-refractivity contribution in [3.8, 4) is 11.1 Å². The molecule has 0 amide bonds. The second-order valence-electron chi connectivity index (χ2n) is 8.04. The lowest BCUT2D eigenvalue weighted by molar-refractivity contribution is 0.393. The zero-order chi connectivity index (χ0) is 17.5. The molecule has 3 aromatic carbocycles. The van der Waals surface area contributed by atoms with E-state index in [0.29, 0.717) is 5.92 Å². The van der Waals surface area contributed by atoms with Crippen LogP contribution in [0.5, 0.6) is 0 Å². The van der Waals surface area contributed by atoms with Gasteiger partial charge in [0.15, 0.2) is 0 Å². The van der Waals surface area contributed by atoms with Crippen LogP contribution in [-0.2, 0) is 0 Å². The Morgan fingerprint density at radius 3 is 2.35 bits per heavy atom. The lowest BCUT2D eigenvalue weighted by Gasteiger charge is -2.26. The highest BCUT2D eigenvalue weighted by Gasteiger charge is 2.30. The van der Waals surface area contributed by atoms with Crippen LogP contribution in [0, 0.1) is 5.92 Å². The van der Waals surface area contributed by atoms with Crippen molar-refractivity contribution in [2.75, 3.05) is 0 Å². The Morgan fingerprint density at radius 2 is 1.46 bits per heavy atom. The summed E-state index contributed by atoms with van der Waals surface area (Å²) >= 11 is 0. The van der Waals surface area contributed by atoms with E-state index >= 15 is 0 Å². The number of rotatable bonds is 2. The summed E-state index contributed by atoms with van der Waals surface area (Å²) in [6.07, 6.45) is 9.51. The van der Waals surface area contributed by atoms with Crippen LogP contribution in [0.2, 0.25) is 0 Å². The topological polar surface area (TPSA) is 0 Å². The lowest BCUT2D eigenvalue weighted by Crippen LogP contribution is -2.11. The molecule has 0 saturated heterocycles. The summed E-state index contributed by atoms with van der Waals surface area (Å²) in [6, 6.07) is 22.4. The van der Waals surface area contributed by atoms with Gasteiger partial charge in [0.25, 0.3) is 0 Å². The molecular formula is C26H26. The summed E-state index contributed by atoms with van der Waals surface area (Å²) in [4.78, 5) is 0. The van der Waals surface area contributed by atoms with Gasteiger partial charge in [0.2, 0.25) is 0 Å². The first-order valence-corrected chi connectivity index (χ1v) is 10.2. The van der Waals surface area contributed by atoms with Gasteiger partial charge < -0.3 is 0 Å². The summed E-state index contributed by atoms with van der Waals surface area (Å²) in [7, 11) is 0. The van der Waals surface area contributed by atoms with Gasteiger partial charge in [-0.1, -0.05) is 98.5 Å². The predicted octanol–water partition coefficient (Wildman–Crippen LogP) is 7.59. The maximum atomic E-state index is 2.52. The molecule has 1 unspecified atom stereocenters. The van der Waals surface area contributed by atoms with Crippen LogP contribution in [0.25, 0.3) is 28.0 Å². The Bertz CT molecular complexity index is 981. The van der Waals surface area contributed by atoms with Gasteiger partial charge in [-0.2, -0.15) is 0 Å². The molecule has 0 heteroatoms. The zero-order valence-corrected chi connectivity index (χ0v) is 15.5. The molecule has 0 radical (unpaired) electrons. The minimum atomic E-state index is 0.545. The van der Waals surface area contributed by atoms with Crippen molar-refractivity contribution in [2.45, 2.75) is 44.9 Å². The number of hydrogen-bond donors (Lipinski definition) is 0. The maximum absolute atomic E-state index is 2.52. The molecule has 0 heterocycles. The van der Waals surface area contributed by atoms with Gasteiger partial charge in [-0.15, -0.1) is 0 Å². The minimum Gasteiger partial charge on any atom is -0.0616 e. The molecule has 26 heavy (non-hydrogen) atoms. The first kappa shape index (κ1) is 15.9. The molecule has 1 fully saturated rings. The van der Waals surface area contributed by atoms with Gasteiger partial charge in [0.1, 0.15) is 0 Å². The Morgan fingerprint density at radius 1 is 0.731 bits per heavy atom. The zero-order valence-electron chi connectivity index (χ0n) is 15.5. The van der Waals surface area contributed by atoms with Crippen LogP contribution in [-0.4, -0.2) is 0 Å². The first-order chi connectivity index (χ1) is 12.8. The molecule has 1 saturated carbocycles. The normalized spacial score (nSPS) is 20.2. The largest absolute Gasteiger partial charge is 0.0616 e. The SMILES string of the molecule is CC1C(C2CCCCC2)=Cc2cccc(-c3cccc4ccccc34)c21. The molecular weight excluding hydrogens is 312 g/mol. The Kier molecular flexibility index (Phi) is 3.93. The molecule has 0 nitrogen and oxygen atoms in total. The van der Waals surface area contributed by atoms with E-state index in [1.807, 2.05) is 0 Å². The van der Waals surface area contributed by atoms with Crippen molar-refractivity contribution >= 4 is 16.8 Å². The van der Waals surface area contributed by atoms with Crippen molar-refractivity contribution in [2.24, 2.45) is 5.92 Å². The van der Waals surface area contributed by atoms with E-state index in [-0.39, 0.29) is 0 Å². The van der Waals surface area contributed by atoms with Gasteiger partial charge in [-0.3, -0.25) is 0 Å². The molecule has 0 aromatic heterocycles. The van der Waals surface area contributed by atoms with Gasteiger partial charge in [0.05, 0.1) is 0 Å². The van der Waals surface area contributed by atoms with Gasteiger partial charge in [0, 0.05) is 5.92 Å². The van der Waals surface area contributed by atoms with Crippen LogP contribution in [0.1, 0.15) is 56.1 Å². The third-order valence-corrected chi connectivity index (χ3v) is 6.55. The molecule has 0 N–H and O–H groups in total. The van der Waals surface area contributed by atoms with Crippen molar-refractivity contribution in [3.63, 3.8) is 0 Å². The molecule has 5 rings (SSSR count). The van der Waals surface area contributed by atoms with E-state index in [1.165, 1.54) is 59.6 Å². The first-order valence-electron chi connectivity index (χ1n) is 10.2. The van der Waals surface area contributed by atoms with Crippen molar-refractivity contribution < 1.29 is 0 Å². The highest BCUT2D eigenvalue weighted by atomic mass is 14.3. The monoisotopic (exact) mass is 338 g/mol. The second kappa shape index (κ2) is 6.43. The smallest absolute Gasteiger partial charge is 0.00380 e. The summed E-state index contributed by atoms with van der Waals surface area (Å²) in [5.74, 6) is 1.34. The molecule has 1 atom stereocenters. The van der Waals surface area contributed by atoms with E-state index < -0.39 is 0 Å². The van der Waals surface area contributed by atoms with Crippen molar-refractivity contribution in [1.82, 2.24) is 0 Å². The molecule has 2 aliphatic carbocycles. The summed E-state index contributed by atoms with van der Waals surface area (Å²) < 4.78 is 0. The fourth-order valence-electron chi connectivity index (χ4n) is 5.27. The quantitative estimate of drug-likeness (QED) is 0.451. The number of benzene rings is 3. The second-order valence-corrected chi connectivity index (χ2v) is 8.04. The Hall–Kier alpha value is -2.34. The average Bonchev–Trinajstić information content (AvgIpc) is 3.05. The third kappa shape index (κ3) is 2.51. The standard InChI is InChI=1S/C26H26/c1-18-25(20-9-3-2-4-10-20)17-21-13-8-16-24(26(18)21)23-15-7-12-19-11-5-6-14-22(19)23/h5-8,11-18,20H,2-4,9-10H2,1H3. The Balaban J connectivity index is 1.63. The number of allylic oxidation sites excluding steroid dienone is 1. The fourth-order valence-corrected chi connectivity index (χ4v) is 5.27. The third-order valence-electron chi connectivity index (χ3n) is 6.55. The number of fused-ring (bicyclic) bond motifs is 2. The van der Waals surface area contributed by atoms with Crippen LogP contribution in [0.15, 0.2) is 66.2 Å². The predicted molar refractivity (Wildman–Crippen MR) is 112 cm³/mol. The van der Waals surface area contributed by atoms with Crippen LogP contribution in [0.4, 0.5) is 0 Å². The van der Waals surface area contributed by atoms with E-state index in [2.05, 4.69) is 73.7 Å². The summed E-state index contributed by atoms with van der Waals surface area (Å²) in [6.45, 7) is 2.43. The van der Waals surface area contributed by atoms with Crippen LogP contribution >= 0.6 is 0 Å². The lowest BCUT2D eigenvalue weighted by atomic mass is 9.78. The van der Waals surface area contributed by atoms with Gasteiger partial charge in [-0.25, -0.2) is 0 Å². The summed E-state index contributed by atoms with van der Waals surface area (Å²) in [5.41, 5.74) is 7.49. The molecule has 2 aliphatic rings. The van der Waals surface area contributed by atoms with Crippen LogP contribution < -0.4 is 0 Å². The van der Waals surface area contributed by atoms with E-state index in [4.69, 9.17) is 0 Å². The average molecular weight is 338 g/mol. The van der Waals surface area contributed by atoms with Gasteiger partial charge >= 0.3 is 0 Å². The van der Waals surface area contributed by atoms with E-state index in [0.717, 1.165) is 5.92 Å². The van der Waals surface area contributed by atoms with Crippen LogP contribution in [0.3, 0.4) is 0 Å². The van der Waals surface area contributed by atoms with Gasteiger partial charge in [-0.05, 0) is 51.8 Å². The molecule has 130 valence electrons. The van der Waals surface area contributed by atoms with Crippen molar-refractivity contribution in [3.05, 3.63) is 77.4 Å².